The summed E-state index contributed by atoms with van der Waals surface area (Å²) in [6.07, 6.45) is 0. The van der Waals surface area contributed by atoms with Gasteiger partial charge in [-0.05, 0) is 6.92 Å². The maximum atomic E-state index is 12.0. The minimum atomic E-state index is -0.488. The average molecular weight is 185 g/mol. The first-order chi connectivity index (χ1) is 5.78. The molecule has 0 amide bonds. The van der Waals surface area contributed by atoms with Crippen LogP contribution in [0, 0.1) is 10.8 Å². The van der Waals surface area contributed by atoms with Crippen molar-refractivity contribution in [3.63, 3.8) is 0 Å². The summed E-state index contributed by atoms with van der Waals surface area (Å²) in [5.74, 6) is 0.199. The largest absolute Gasteiger partial charge is 0.379 e. The molecule has 0 spiro atoms. The molecule has 1 heterocycles. The summed E-state index contributed by atoms with van der Waals surface area (Å²) in [5, 5.41) is 0. The zero-order valence-electron chi connectivity index (χ0n) is 8.89. The Balaban J connectivity index is 2.87. The maximum absolute atomic E-state index is 12.0. The van der Waals surface area contributed by atoms with E-state index in [4.69, 9.17) is 10.5 Å². The second-order valence-corrected chi connectivity index (χ2v) is 5.12. The van der Waals surface area contributed by atoms with Crippen molar-refractivity contribution in [3.05, 3.63) is 0 Å². The van der Waals surface area contributed by atoms with Gasteiger partial charge in [-0.3, -0.25) is 4.79 Å². The Hall–Kier alpha value is -0.410. The lowest BCUT2D eigenvalue weighted by molar-refractivity contribution is -0.136. The number of ether oxygens (including phenoxy) is 1. The Kier molecular flexibility index (Phi) is 2.52. The Morgan fingerprint density at radius 1 is 1.54 bits per heavy atom. The first-order valence-electron chi connectivity index (χ1n) is 4.67. The number of rotatable bonds is 1. The lowest BCUT2D eigenvalue weighted by atomic mass is 9.71. The van der Waals surface area contributed by atoms with Crippen molar-refractivity contribution >= 4 is 5.78 Å². The van der Waals surface area contributed by atoms with Crippen molar-refractivity contribution in [3.8, 4) is 0 Å². The van der Waals surface area contributed by atoms with E-state index in [2.05, 4.69) is 0 Å². The van der Waals surface area contributed by atoms with E-state index in [0.717, 1.165) is 0 Å². The van der Waals surface area contributed by atoms with Crippen LogP contribution in [-0.2, 0) is 9.53 Å². The lowest BCUT2D eigenvalue weighted by Gasteiger charge is -2.32. The molecule has 0 aromatic heterocycles. The molecule has 2 N–H and O–H groups in total. The summed E-state index contributed by atoms with van der Waals surface area (Å²) in [6.45, 7) is 8.63. The van der Waals surface area contributed by atoms with Crippen molar-refractivity contribution in [1.82, 2.24) is 0 Å². The van der Waals surface area contributed by atoms with Crippen LogP contribution in [0.1, 0.15) is 27.7 Å². The molecule has 0 bridgehead atoms. The molecule has 13 heavy (non-hydrogen) atoms. The van der Waals surface area contributed by atoms with Crippen LogP contribution in [-0.4, -0.2) is 25.0 Å². The molecule has 0 aliphatic carbocycles. The first kappa shape index (κ1) is 10.7. The second-order valence-electron chi connectivity index (χ2n) is 5.12. The maximum Gasteiger partial charge on any atom is 0.148 e. The van der Waals surface area contributed by atoms with Crippen LogP contribution in [0.4, 0.5) is 0 Å². The predicted octanol–water partition coefficient (Wildman–Crippen LogP) is 0.965. The molecule has 0 radical (unpaired) electrons. The topological polar surface area (TPSA) is 52.3 Å². The van der Waals surface area contributed by atoms with Gasteiger partial charge < -0.3 is 10.5 Å². The highest BCUT2D eigenvalue weighted by atomic mass is 16.5. The zero-order chi connectivity index (χ0) is 10.3. The third kappa shape index (κ3) is 1.76. The standard InChI is InChI=1S/C10H19NO2/c1-9(2,3)8(12)10(4)6-13-5-7(10)11/h7H,5-6,11H2,1-4H3. The van der Waals surface area contributed by atoms with Crippen LogP contribution in [0.3, 0.4) is 0 Å². The van der Waals surface area contributed by atoms with Gasteiger partial charge in [0.25, 0.3) is 0 Å². The van der Waals surface area contributed by atoms with E-state index in [0.29, 0.717) is 13.2 Å². The van der Waals surface area contributed by atoms with Gasteiger partial charge in [-0.2, -0.15) is 0 Å². The summed E-state index contributed by atoms with van der Waals surface area (Å²) in [5.41, 5.74) is 5.04. The lowest BCUT2D eigenvalue weighted by Crippen LogP contribution is -2.48. The number of carbonyl (C=O) groups is 1. The highest BCUT2D eigenvalue weighted by Crippen LogP contribution is 2.35. The Bertz CT molecular complexity index is 219. The van der Waals surface area contributed by atoms with Gasteiger partial charge in [0.2, 0.25) is 0 Å². The Morgan fingerprint density at radius 3 is 2.38 bits per heavy atom. The summed E-state index contributed by atoms with van der Waals surface area (Å²) < 4.78 is 5.24. The third-order valence-corrected chi connectivity index (χ3v) is 2.72. The predicted molar refractivity (Wildman–Crippen MR) is 51.4 cm³/mol. The van der Waals surface area contributed by atoms with Crippen LogP contribution in [0.25, 0.3) is 0 Å². The molecule has 1 rings (SSSR count). The normalized spacial score (nSPS) is 35.0. The van der Waals surface area contributed by atoms with Gasteiger partial charge in [-0.1, -0.05) is 20.8 Å². The minimum absolute atomic E-state index is 0.153. The second kappa shape index (κ2) is 3.07. The summed E-state index contributed by atoms with van der Waals surface area (Å²) in [7, 11) is 0. The molecule has 1 fully saturated rings. The molecule has 3 heteroatoms. The number of carbonyl (C=O) groups excluding carboxylic acids is 1. The average Bonchev–Trinajstić information content (AvgIpc) is 2.30. The molecule has 0 aromatic rings. The van der Waals surface area contributed by atoms with Gasteiger partial charge in [0.15, 0.2) is 0 Å². The molecule has 76 valence electrons. The quantitative estimate of drug-likeness (QED) is 0.662. The fourth-order valence-corrected chi connectivity index (χ4v) is 1.78. The molecule has 2 unspecified atom stereocenters. The highest BCUT2D eigenvalue weighted by Gasteiger charge is 2.47. The van der Waals surface area contributed by atoms with Crippen molar-refractivity contribution in [2.45, 2.75) is 33.7 Å². The summed E-state index contributed by atoms with van der Waals surface area (Å²) >= 11 is 0. The molecule has 0 aromatic carbocycles. The molecular weight excluding hydrogens is 166 g/mol. The summed E-state index contributed by atoms with van der Waals surface area (Å²) in [4.78, 5) is 12.0. The van der Waals surface area contributed by atoms with E-state index in [9.17, 15) is 4.79 Å². The number of hydrogen-bond donors (Lipinski definition) is 1. The van der Waals surface area contributed by atoms with Gasteiger partial charge in [-0.25, -0.2) is 0 Å². The molecule has 1 aliphatic rings. The Morgan fingerprint density at radius 2 is 2.08 bits per heavy atom. The van der Waals surface area contributed by atoms with E-state index < -0.39 is 5.41 Å². The molecule has 0 saturated carbocycles. The van der Waals surface area contributed by atoms with Crippen molar-refractivity contribution in [2.75, 3.05) is 13.2 Å². The summed E-state index contributed by atoms with van der Waals surface area (Å²) in [6, 6.07) is -0.153. The van der Waals surface area contributed by atoms with Gasteiger partial charge in [0.05, 0.1) is 18.6 Å². The highest BCUT2D eigenvalue weighted by molar-refractivity contribution is 5.90. The monoisotopic (exact) mass is 185 g/mol. The van der Waals surface area contributed by atoms with Crippen molar-refractivity contribution < 1.29 is 9.53 Å². The van der Waals surface area contributed by atoms with Crippen molar-refractivity contribution in [2.24, 2.45) is 16.6 Å². The van der Waals surface area contributed by atoms with Crippen molar-refractivity contribution in [1.29, 1.82) is 0 Å². The van der Waals surface area contributed by atoms with Crippen LogP contribution in [0.15, 0.2) is 0 Å². The van der Waals surface area contributed by atoms with Gasteiger partial charge in [-0.15, -0.1) is 0 Å². The zero-order valence-corrected chi connectivity index (χ0v) is 8.89. The SMILES string of the molecule is CC(C)(C)C(=O)C1(C)COCC1N. The van der Waals surface area contributed by atoms with Gasteiger partial charge >= 0.3 is 0 Å². The molecule has 2 atom stereocenters. The molecule has 3 nitrogen and oxygen atoms in total. The first-order valence-corrected chi connectivity index (χ1v) is 4.67. The number of hydrogen-bond acceptors (Lipinski definition) is 3. The molecule has 1 aliphatic heterocycles. The van der Waals surface area contributed by atoms with Crippen LogP contribution in [0.5, 0.6) is 0 Å². The van der Waals surface area contributed by atoms with Crippen LogP contribution >= 0.6 is 0 Å². The molecular formula is C10H19NO2. The van der Waals surface area contributed by atoms with E-state index in [1.54, 1.807) is 0 Å². The van der Waals surface area contributed by atoms with E-state index in [1.807, 2.05) is 27.7 Å². The van der Waals surface area contributed by atoms with Gasteiger partial charge in [0.1, 0.15) is 5.78 Å². The fourth-order valence-electron chi connectivity index (χ4n) is 1.78. The smallest absolute Gasteiger partial charge is 0.148 e. The Labute approximate surface area is 79.6 Å². The molecule has 1 saturated heterocycles. The van der Waals surface area contributed by atoms with Crippen LogP contribution in [0.2, 0.25) is 0 Å². The number of Topliss-reactive ketones (excluding diaryl/α,β-unsaturated/α-hetero) is 1. The van der Waals surface area contributed by atoms with Gasteiger partial charge in [0, 0.05) is 11.5 Å². The minimum Gasteiger partial charge on any atom is -0.379 e. The van der Waals surface area contributed by atoms with E-state index in [-0.39, 0.29) is 17.2 Å². The number of ketones is 1. The van der Waals surface area contributed by atoms with E-state index >= 15 is 0 Å². The van der Waals surface area contributed by atoms with Crippen LogP contribution < -0.4 is 5.73 Å². The fraction of sp³-hybridized carbons (Fsp3) is 0.900. The number of nitrogens with two attached hydrogens (primary N) is 1. The van der Waals surface area contributed by atoms with E-state index in [1.165, 1.54) is 0 Å². The third-order valence-electron chi connectivity index (χ3n) is 2.72.